The molecule has 0 fully saturated rings. The summed E-state index contributed by atoms with van der Waals surface area (Å²) in [5.74, 6) is -6.64. The van der Waals surface area contributed by atoms with Gasteiger partial charge in [-0.2, -0.15) is 33.3 Å². The zero-order valence-corrected chi connectivity index (χ0v) is 14.7. The first-order valence-electron chi connectivity index (χ1n) is 7.66. The fraction of sp³-hybridized carbons (Fsp3) is 0.158. The van der Waals surface area contributed by atoms with Crippen molar-refractivity contribution < 1.29 is 26.3 Å². The van der Waals surface area contributed by atoms with Crippen LogP contribution >= 0.6 is 0 Å². The SMILES string of the molecule is CC(C)=c1c(C#N)cc(=C(C#N)c2c(F)c(F)nc(C(F)(F)F)c2F)cc1C#N. The molecule has 2 rings (SSSR count). The molecule has 146 valence electrons. The topological polar surface area (TPSA) is 84.3 Å². The molecule has 0 N–H and O–H groups in total. The van der Waals surface area contributed by atoms with E-state index in [4.69, 9.17) is 0 Å². The van der Waals surface area contributed by atoms with E-state index in [2.05, 4.69) is 4.98 Å². The minimum Gasteiger partial charge on any atom is -0.209 e. The monoisotopic (exact) mass is 406 g/mol. The van der Waals surface area contributed by atoms with Crippen molar-refractivity contribution in [2.24, 2.45) is 0 Å². The Morgan fingerprint density at radius 3 is 1.83 bits per heavy atom. The lowest BCUT2D eigenvalue weighted by Crippen LogP contribution is -2.22. The highest BCUT2D eigenvalue weighted by Gasteiger charge is 2.40. The van der Waals surface area contributed by atoms with Crippen LogP contribution in [0.5, 0.6) is 0 Å². The minimum absolute atomic E-state index is 0.154. The summed E-state index contributed by atoms with van der Waals surface area (Å²) in [4.78, 5) is 2.25. The van der Waals surface area contributed by atoms with Crippen LogP contribution in [0.25, 0.3) is 11.1 Å². The summed E-state index contributed by atoms with van der Waals surface area (Å²) >= 11 is 0. The summed E-state index contributed by atoms with van der Waals surface area (Å²) < 4.78 is 81.0. The van der Waals surface area contributed by atoms with Crippen LogP contribution in [0, 0.1) is 51.6 Å². The summed E-state index contributed by atoms with van der Waals surface area (Å²) in [6.45, 7) is 3.16. The molecule has 10 heteroatoms. The molecule has 0 saturated carbocycles. The molecule has 0 amide bonds. The van der Waals surface area contributed by atoms with Gasteiger partial charge in [-0.15, -0.1) is 0 Å². The number of rotatable bonds is 1. The summed E-state index contributed by atoms with van der Waals surface area (Å²) in [7, 11) is 0. The number of hydrogen-bond donors (Lipinski definition) is 0. The fourth-order valence-electron chi connectivity index (χ4n) is 2.69. The van der Waals surface area contributed by atoms with E-state index in [-0.39, 0.29) is 16.3 Å². The van der Waals surface area contributed by atoms with Gasteiger partial charge < -0.3 is 0 Å². The third kappa shape index (κ3) is 3.76. The first kappa shape index (κ1) is 21.5. The fourth-order valence-corrected chi connectivity index (χ4v) is 2.69. The lowest BCUT2D eigenvalue weighted by atomic mass is 9.97. The summed E-state index contributed by atoms with van der Waals surface area (Å²) in [6, 6.07) is 6.78. The molecule has 4 nitrogen and oxygen atoms in total. The Kier molecular flexibility index (Phi) is 5.66. The third-order valence-electron chi connectivity index (χ3n) is 3.84. The van der Waals surface area contributed by atoms with Crippen molar-refractivity contribution in [3.63, 3.8) is 0 Å². The third-order valence-corrected chi connectivity index (χ3v) is 3.84. The second kappa shape index (κ2) is 7.65. The van der Waals surface area contributed by atoms with Crippen LogP contribution in [0.3, 0.4) is 0 Å². The van der Waals surface area contributed by atoms with Gasteiger partial charge in [0.15, 0.2) is 17.3 Å². The predicted octanol–water partition coefficient (Wildman–Crippen LogP) is 3.17. The van der Waals surface area contributed by atoms with Crippen molar-refractivity contribution in [1.29, 1.82) is 15.8 Å². The smallest absolute Gasteiger partial charge is 0.209 e. The van der Waals surface area contributed by atoms with Crippen molar-refractivity contribution in [2.75, 3.05) is 0 Å². The van der Waals surface area contributed by atoms with Crippen LogP contribution < -0.4 is 10.4 Å². The van der Waals surface area contributed by atoms with E-state index in [1.165, 1.54) is 6.07 Å². The number of benzene rings is 1. The molecule has 0 radical (unpaired) electrons. The lowest BCUT2D eigenvalue weighted by Gasteiger charge is -2.12. The Balaban J connectivity index is 3.16. The van der Waals surface area contributed by atoms with Gasteiger partial charge in [0.05, 0.1) is 34.4 Å². The quantitative estimate of drug-likeness (QED) is 0.538. The maximum Gasteiger partial charge on any atom is 0.436 e. The Labute approximate surface area is 159 Å². The van der Waals surface area contributed by atoms with Crippen LogP contribution in [0.4, 0.5) is 26.3 Å². The Morgan fingerprint density at radius 1 is 0.931 bits per heavy atom. The summed E-state index contributed by atoms with van der Waals surface area (Å²) in [6.07, 6.45) is -5.46. The molecule has 29 heavy (non-hydrogen) atoms. The zero-order chi connectivity index (χ0) is 22.1. The second-order valence-corrected chi connectivity index (χ2v) is 5.91. The van der Waals surface area contributed by atoms with E-state index in [9.17, 15) is 42.1 Å². The van der Waals surface area contributed by atoms with Crippen LogP contribution in [-0.2, 0) is 6.18 Å². The van der Waals surface area contributed by atoms with Gasteiger partial charge in [-0.3, -0.25) is 0 Å². The molecule has 2 aromatic rings. The van der Waals surface area contributed by atoms with Crippen molar-refractivity contribution >= 4 is 11.1 Å². The van der Waals surface area contributed by atoms with E-state index >= 15 is 0 Å². The van der Waals surface area contributed by atoms with E-state index in [0.717, 1.165) is 12.1 Å². The molecule has 0 atom stereocenters. The van der Waals surface area contributed by atoms with Gasteiger partial charge in [-0.05, 0) is 31.2 Å². The molecule has 0 unspecified atom stereocenters. The molecule has 0 bridgehead atoms. The number of nitriles is 3. The second-order valence-electron chi connectivity index (χ2n) is 5.91. The molecular weight excluding hydrogens is 398 g/mol. The van der Waals surface area contributed by atoms with Gasteiger partial charge in [0.1, 0.15) is 6.07 Å². The van der Waals surface area contributed by atoms with Gasteiger partial charge in [-0.1, -0.05) is 5.57 Å². The van der Waals surface area contributed by atoms with Gasteiger partial charge in [-0.25, -0.2) is 13.8 Å². The molecule has 1 aromatic heterocycles. The number of halogens is 6. The number of alkyl halides is 3. The van der Waals surface area contributed by atoms with Crippen molar-refractivity contribution in [3.05, 3.63) is 62.5 Å². The average molecular weight is 406 g/mol. The first-order chi connectivity index (χ1) is 13.5. The number of nitrogens with zero attached hydrogens (tertiary/aromatic N) is 4. The average Bonchev–Trinajstić information content (AvgIpc) is 2.65. The predicted molar refractivity (Wildman–Crippen MR) is 87.1 cm³/mol. The summed E-state index contributed by atoms with van der Waals surface area (Å²) in [5, 5.41) is 27.7. The van der Waals surface area contributed by atoms with Crippen LogP contribution in [0.15, 0.2) is 12.1 Å². The van der Waals surface area contributed by atoms with E-state index in [1.54, 1.807) is 26.0 Å². The van der Waals surface area contributed by atoms with Crippen molar-refractivity contribution in [2.45, 2.75) is 20.0 Å². The van der Waals surface area contributed by atoms with Gasteiger partial charge in [0.25, 0.3) is 0 Å². The maximum absolute atomic E-state index is 14.4. The highest BCUT2D eigenvalue weighted by molar-refractivity contribution is 5.78. The highest BCUT2D eigenvalue weighted by Crippen LogP contribution is 2.34. The van der Waals surface area contributed by atoms with E-state index in [1.807, 2.05) is 0 Å². The molecule has 0 spiro atoms. The van der Waals surface area contributed by atoms with Crippen LogP contribution in [-0.4, -0.2) is 4.98 Å². The number of pyridine rings is 1. The number of aromatic nitrogens is 1. The van der Waals surface area contributed by atoms with Gasteiger partial charge in [0, 0.05) is 5.22 Å². The lowest BCUT2D eigenvalue weighted by molar-refractivity contribution is -0.144. The molecular formula is C19H8F6N4. The molecule has 1 heterocycles. The Hall–Kier alpha value is -3.84. The van der Waals surface area contributed by atoms with Gasteiger partial charge >= 0.3 is 6.18 Å². The zero-order valence-electron chi connectivity index (χ0n) is 14.7. The highest BCUT2D eigenvalue weighted by atomic mass is 19.4. The normalized spacial score (nSPS) is 10.7. The molecule has 0 aliphatic heterocycles. The maximum atomic E-state index is 14.4. The Morgan fingerprint density at radius 2 is 1.45 bits per heavy atom. The minimum atomic E-state index is -5.46. The molecule has 1 aromatic carbocycles. The molecule has 0 aliphatic carbocycles. The first-order valence-corrected chi connectivity index (χ1v) is 7.66. The standard InChI is InChI=1S/C19H8F6N4/c1-8(2)13-10(5-26)3-9(4-11(13)6-27)12(7-28)14-15(20)17(19(23,24)25)29-18(22)16(14)21/h3-4H,1-2H3. The molecule has 0 saturated heterocycles. The van der Waals surface area contributed by atoms with Crippen molar-refractivity contribution in [1.82, 2.24) is 4.98 Å². The van der Waals surface area contributed by atoms with E-state index < -0.39 is 45.8 Å². The van der Waals surface area contributed by atoms with E-state index in [0.29, 0.717) is 5.57 Å². The molecule has 0 aliphatic rings. The Bertz CT molecular complexity index is 1230. The number of hydrogen-bond acceptors (Lipinski definition) is 4. The summed E-state index contributed by atoms with van der Waals surface area (Å²) in [5.41, 5.74) is -4.73. The van der Waals surface area contributed by atoms with Crippen LogP contribution in [0.2, 0.25) is 0 Å². The largest absolute Gasteiger partial charge is 0.436 e. The van der Waals surface area contributed by atoms with Crippen molar-refractivity contribution in [3.8, 4) is 18.2 Å². The van der Waals surface area contributed by atoms with Gasteiger partial charge in [0.2, 0.25) is 5.95 Å². The van der Waals surface area contributed by atoms with Crippen LogP contribution in [0.1, 0.15) is 36.2 Å².